The minimum Gasteiger partial charge on any atom is -0.326 e. The van der Waals surface area contributed by atoms with E-state index in [2.05, 4.69) is 10.3 Å². The van der Waals surface area contributed by atoms with Crippen LogP contribution in [0.3, 0.4) is 0 Å². The van der Waals surface area contributed by atoms with E-state index in [-0.39, 0.29) is 16.0 Å². The standard InChI is InChI=1S/C18H18ClN3O3S4/c1-26-18-21-13-3-2-12(10-14(13)27-18)20-17(23)11-6-8-22(9-7-11)29(24,25)16-5-4-15(19)28-16/h2-5,10-11H,6-9H2,1H3,(H,20,23). The summed E-state index contributed by atoms with van der Waals surface area (Å²) in [5.74, 6) is -0.289. The molecule has 4 rings (SSSR count). The number of hydrogen-bond donors (Lipinski definition) is 1. The maximum Gasteiger partial charge on any atom is 0.252 e. The highest BCUT2D eigenvalue weighted by Gasteiger charge is 2.33. The van der Waals surface area contributed by atoms with Gasteiger partial charge in [-0.15, -0.1) is 22.7 Å². The molecule has 154 valence electrons. The number of aromatic nitrogens is 1. The number of carbonyl (C=O) groups is 1. The highest BCUT2D eigenvalue weighted by Crippen LogP contribution is 2.32. The van der Waals surface area contributed by atoms with Gasteiger partial charge in [-0.05, 0) is 49.4 Å². The van der Waals surface area contributed by atoms with Crippen LogP contribution in [0.5, 0.6) is 0 Å². The molecule has 0 spiro atoms. The van der Waals surface area contributed by atoms with Crippen LogP contribution in [0.25, 0.3) is 10.2 Å². The molecule has 0 aliphatic carbocycles. The van der Waals surface area contributed by atoms with E-state index in [9.17, 15) is 13.2 Å². The highest BCUT2D eigenvalue weighted by atomic mass is 35.5. The molecule has 0 atom stereocenters. The van der Waals surface area contributed by atoms with Gasteiger partial charge in [0.25, 0.3) is 10.0 Å². The first-order chi connectivity index (χ1) is 13.9. The first kappa shape index (κ1) is 21.1. The van der Waals surface area contributed by atoms with Crippen LogP contribution in [0.15, 0.2) is 38.9 Å². The normalized spacial score (nSPS) is 16.3. The number of rotatable bonds is 5. The van der Waals surface area contributed by atoms with Gasteiger partial charge < -0.3 is 5.32 Å². The summed E-state index contributed by atoms with van der Waals surface area (Å²) in [4.78, 5) is 17.2. The Morgan fingerprint density at radius 1 is 1.24 bits per heavy atom. The van der Waals surface area contributed by atoms with E-state index in [1.807, 2.05) is 24.5 Å². The summed E-state index contributed by atoms with van der Waals surface area (Å²) in [5, 5.41) is 2.97. The van der Waals surface area contributed by atoms with Crippen molar-refractivity contribution in [1.29, 1.82) is 0 Å². The zero-order valence-electron chi connectivity index (χ0n) is 15.4. The van der Waals surface area contributed by atoms with E-state index in [1.165, 1.54) is 10.4 Å². The number of fused-ring (bicyclic) bond motifs is 1. The number of sulfonamides is 1. The Bertz CT molecular complexity index is 1150. The summed E-state index contributed by atoms with van der Waals surface area (Å²) in [6.07, 6.45) is 2.97. The summed E-state index contributed by atoms with van der Waals surface area (Å²) in [6, 6.07) is 8.80. The molecule has 3 heterocycles. The van der Waals surface area contributed by atoms with Crippen molar-refractivity contribution in [2.45, 2.75) is 21.4 Å². The van der Waals surface area contributed by atoms with Crippen LogP contribution in [0.2, 0.25) is 4.34 Å². The molecule has 0 bridgehead atoms. The minimum atomic E-state index is -3.55. The van der Waals surface area contributed by atoms with Crippen molar-refractivity contribution in [3.8, 4) is 0 Å². The Hall–Kier alpha value is -1.17. The predicted molar refractivity (Wildman–Crippen MR) is 121 cm³/mol. The summed E-state index contributed by atoms with van der Waals surface area (Å²) >= 11 is 10.1. The zero-order valence-corrected chi connectivity index (χ0v) is 19.4. The number of benzene rings is 1. The number of anilines is 1. The Kier molecular flexibility index (Phi) is 6.19. The minimum absolute atomic E-state index is 0.0739. The van der Waals surface area contributed by atoms with E-state index in [0.29, 0.717) is 30.3 Å². The monoisotopic (exact) mass is 487 g/mol. The number of amides is 1. The second kappa shape index (κ2) is 8.52. The van der Waals surface area contributed by atoms with E-state index in [1.54, 1.807) is 29.2 Å². The molecule has 0 radical (unpaired) electrons. The molecule has 1 amide bonds. The van der Waals surface area contributed by atoms with Crippen LogP contribution in [-0.4, -0.2) is 43.0 Å². The molecule has 6 nitrogen and oxygen atoms in total. The molecule has 0 saturated carbocycles. The number of carbonyl (C=O) groups excluding carboxylic acids is 1. The average molecular weight is 488 g/mol. The van der Waals surface area contributed by atoms with Crippen LogP contribution in [0.1, 0.15) is 12.8 Å². The molecular weight excluding hydrogens is 470 g/mol. The second-order valence-electron chi connectivity index (χ2n) is 6.59. The number of nitrogens with zero attached hydrogens (tertiary/aromatic N) is 2. The molecule has 1 N–H and O–H groups in total. The fourth-order valence-corrected chi connectivity index (χ4v) is 7.87. The average Bonchev–Trinajstić information content (AvgIpc) is 3.34. The van der Waals surface area contributed by atoms with Crippen molar-refractivity contribution in [2.24, 2.45) is 5.92 Å². The van der Waals surface area contributed by atoms with Crippen LogP contribution in [0, 0.1) is 5.92 Å². The lowest BCUT2D eigenvalue weighted by Crippen LogP contribution is -2.41. The molecule has 0 unspecified atom stereocenters. The Morgan fingerprint density at radius 2 is 2.00 bits per heavy atom. The molecule has 3 aromatic rings. The first-order valence-electron chi connectivity index (χ1n) is 8.88. The summed E-state index contributed by atoms with van der Waals surface area (Å²) < 4.78 is 29.5. The molecule has 11 heteroatoms. The highest BCUT2D eigenvalue weighted by molar-refractivity contribution is 8.00. The first-order valence-corrected chi connectivity index (χ1v) is 13.6. The number of nitrogens with one attached hydrogen (secondary N) is 1. The Labute approximate surface area is 186 Å². The van der Waals surface area contributed by atoms with Crippen LogP contribution in [0.4, 0.5) is 5.69 Å². The Balaban J connectivity index is 1.39. The van der Waals surface area contributed by atoms with Crippen molar-refractivity contribution < 1.29 is 13.2 Å². The van der Waals surface area contributed by atoms with Crippen LogP contribution < -0.4 is 5.32 Å². The predicted octanol–water partition coefficient (Wildman–Crippen LogP) is 4.77. The Morgan fingerprint density at radius 3 is 2.66 bits per heavy atom. The van der Waals surface area contributed by atoms with Gasteiger partial charge in [0.2, 0.25) is 5.91 Å². The molecular formula is C18H18ClN3O3S4. The fraction of sp³-hybridized carbons (Fsp3) is 0.333. The third kappa shape index (κ3) is 4.47. The van der Waals surface area contributed by atoms with E-state index >= 15 is 0 Å². The topological polar surface area (TPSA) is 79.4 Å². The molecule has 1 saturated heterocycles. The maximum absolute atomic E-state index is 12.7. The molecule has 2 aromatic heterocycles. The van der Waals surface area contributed by atoms with Crippen molar-refractivity contribution in [2.75, 3.05) is 24.7 Å². The molecule has 1 aromatic carbocycles. The van der Waals surface area contributed by atoms with Gasteiger partial charge in [0, 0.05) is 24.7 Å². The van der Waals surface area contributed by atoms with E-state index in [4.69, 9.17) is 11.6 Å². The third-order valence-electron chi connectivity index (χ3n) is 4.78. The molecule has 1 fully saturated rings. The second-order valence-corrected chi connectivity index (χ2v) is 12.6. The number of piperidine rings is 1. The quantitative estimate of drug-likeness (QED) is 0.524. The maximum atomic E-state index is 12.7. The van der Waals surface area contributed by atoms with Gasteiger partial charge in [-0.2, -0.15) is 4.31 Å². The van der Waals surface area contributed by atoms with E-state index in [0.717, 1.165) is 31.6 Å². The number of hydrogen-bond acceptors (Lipinski definition) is 7. The number of thioether (sulfide) groups is 1. The van der Waals surface area contributed by atoms with Gasteiger partial charge in [-0.1, -0.05) is 23.4 Å². The van der Waals surface area contributed by atoms with Crippen molar-refractivity contribution in [1.82, 2.24) is 9.29 Å². The smallest absolute Gasteiger partial charge is 0.252 e. The van der Waals surface area contributed by atoms with Crippen molar-refractivity contribution in [3.63, 3.8) is 0 Å². The molecule has 29 heavy (non-hydrogen) atoms. The molecule has 1 aliphatic heterocycles. The lowest BCUT2D eigenvalue weighted by Gasteiger charge is -2.30. The van der Waals surface area contributed by atoms with Crippen molar-refractivity contribution >= 4 is 77.9 Å². The summed E-state index contributed by atoms with van der Waals surface area (Å²) in [7, 11) is -3.55. The zero-order chi connectivity index (χ0) is 20.6. The van der Waals surface area contributed by atoms with Crippen molar-refractivity contribution in [3.05, 3.63) is 34.7 Å². The lowest BCUT2D eigenvalue weighted by molar-refractivity contribution is -0.120. The van der Waals surface area contributed by atoms with Gasteiger partial charge in [-0.3, -0.25) is 4.79 Å². The largest absolute Gasteiger partial charge is 0.326 e. The number of halogens is 1. The van der Waals surface area contributed by atoms with Gasteiger partial charge in [-0.25, -0.2) is 13.4 Å². The van der Waals surface area contributed by atoms with Gasteiger partial charge in [0.05, 0.1) is 14.6 Å². The third-order valence-corrected chi connectivity index (χ3v) is 10.4. The van der Waals surface area contributed by atoms with Crippen LogP contribution >= 0.6 is 46.0 Å². The van der Waals surface area contributed by atoms with Gasteiger partial charge >= 0.3 is 0 Å². The van der Waals surface area contributed by atoms with E-state index < -0.39 is 10.0 Å². The summed E-state index contributed by atoms with van der Waals surface area (Å²) in [6.45, 7) is 0.641. The lowest BCUT2D eigenvalue weighted by atomic mass is 9.97. The number of thiophene rings is 1. The SMILES string of the molecule is CSc1nc2ccc(NC(=O)C3CCN(S(=O)(=O)c4ccc(Cl)s4)CC3)cc2s1. The number of thiazole rings is 1. The fourth-order valence-electron chi connectivity index (χ4n) is 3.23. The summed E-state index contributed by atoms with van der Waals surface area (Å²) in [5.41, 5.74) is 1.66. The van der Waals surface area contributed by atoms with Gasteiger partial charge in [0.15, 0.2) is 4.34 Å². The molecule has 1 aliphatic rings. The van der Waals surface area contributed by atoms with Crippen LogP contribution in [-0.2, 0) is 14.8 Å². The van der Waals surface area contributed by atoms with Gasteiger partial charge in [0.1, 0.15) is 4.21 Å².